The highest BCUT2D eigenvalue weighted by Gasteiger charge is 2.14. The third-order valence-corrected chi connectivity index (χ3v) is 3.30. The lowest BCUT2D eigenvalue weighted by Gasteiger charge is -2.10. The molecule has 0 radical (unpaired) electrons. The molecule has 0 saturated heterocycles. The van der Waals surface area contributed by atoms with Gasteiger partial charge in [0.1, 0.15) is 11.8 Å². The van der Waals surface area contributed by atoms with E-state index in [2.05, 4.69) is 15.5 Å². The van der Waals surface area contributed by atoms with Crippen molar-refractivity contribution in [1.29, 1.82) is 0 Å². The molecule has 1 aromatic heterocycles. The molecule has 112 valence electrons. The number of aromatic nitrogens is 2. The number of ether oxygens (including phenoxy) is 1. The van der Waals surface area contributed by atoms with Crippen molar-refractivity contribution in [2.24, 2.45) is 0 Å². The summed E-state index contributed by atoms with van der Waals surface area (Å²) < 4.78 is 10.9. The largest absolute Gasteiger partial charge is 0.497 e. The zero-order valence-corrected chi connectivity index (χ0v) is 12.5. The highest BCUT2D eigenvalue weighted by Crippen LogP contribution is 2.24. The van der Waals surface area contributed by atoms with E-state index in [1.165, 1.54) is 0 Å². The Kier molecular flexibility index (Phi) is 4.05. The fourth-order valence-electron chi connectivity index (χ4n) is 2.11. The van der Waals surface area contributed by atoms with Crippen LogP contribution in [0, 0.1) is 0 Å². The summed E-state index contributed by atoms with van der Waals surface area (Å²) in [4.78, 5) is 0. The van der Waals surface area contributed by atoms with E-state index in [9.17, 15) is 0 Å². The van der Waals surface area contributed by atoms with Gasteiger partial charge < -0.3 is 14.5 Å². The molecule has 3 rings (SSSR count). The highest BCUT2D eigenvalue weighted by molar-refractivity contribution is 5.54. The second-order valence-corrected chi connectivity index (χ2v) is 4.91. The molecule has 1 atom stereocenters. The summed E-state index contributed by atoms with van der Waals surface area (Å²) in [7, 11) is 1.64. The van der Waals surface area contributed by atoms with Gasteiger partial charge in [-0.25, -0.2) is 0 Å². The van der Waals surface area contributed by atoms with Crippen molar-refractivity contribution in [3.8, 4) is 17.2 Å². The molecule has 22 heavy (non-hydrogen) atoms. The van der Waals surface area contributed by atoms with Crippen LogP contribution in [0.15, 0.2) is 59.0 Å². The van der Waals surface area contributed by atoms with Gasteiger partial charge in [0, 0.05) is 11.3 Å². The first-order valence-electron chi connectivity index (χ1n) is 7.05. The smallest absolute Gasteiger partial charge is 0.247 e. The lowest BCUT2D eigenvalue weighted by molar-refractivity contribution is 0.415. The number of hydrogen-bond acceptors (Lipinski definition) is 5. The Hall–Kier alpha value is -2.82. The second kappa shape index (κ2) is 6.30. The molecule has 0 saturated carbocycles. The molecule has 0 aliphatic heterocycles. The maximum absolute atomic E-state index is 5.75. The lowest BCUT2D eigenvalue weighted by Crippen LogP contribution is -2.06. The minimum atomic E-state index is -0.0677. The third kappa shape index (κ3) is 3.09. The summed E-state index contributed by atoms with van der Waals surface area (Å²) in [5, 5.41) is 11.6. The van der Waals surface area contributed by atoms with Crippen LogP contribution in [0.4, 0.5) is 5.69 Å². The van der Waals surface area contributed by atoms with E-state index in [1.54, 1.807) is 7.11 Å². The first kappa shape index (κ1) is 14.1. The summed E-state index contributed by atoms with van der Waals surface area (Å²) in [6.07, 6.45) is 0. The number of para-hydroxylation sites is 1. The zero-order valence-electron chi connectivity index (χ0n) is 12.5. The number of methoxy groups -OCH3 is 1. The fourth-order valence-corrected chi connectivity index (χ4v) is 2.11. The zero-order chi connectivity index (χ0) is 15.4. The van der Waals surface area contributed by atoms with Gasteiger partial charge in [-0.2, -0.15) is 0 Å². The van der Waals surface area contributed by atoms with Crippen LogP contribution in [0.25, 0.3) is 11.5 Å². The van der Waals surface area contributed by atoms with Crippen molar-refractivity contribution in [2.45, 2.75) is 13.0 Å². The highest BCUT2D eigenvalue weighted by atomic mass is 16.5. The SMILES string of the molecule is COc1ccc(-c2nnc(C(C)Nc3ccccc3)o2)cc1. The van der Waals surface area contributed by atoms with Crippen molar-refractivity contribution >= 4 is 5.69 Å². The number of nitrogens with zero attached hydrogens (tertiary/aromatic N) is 2. The van der Waals surface area contributed by atoms with E-state index in [0.29, 0.717) is 11.8 Å². The molecule has 0 bridgehead atoms. The molecule has 0 spiro atoms. The third-order valence-electron chi connectivity index (χ3n) is 3.30. The summed E-state index contributed by atoms with van der Waals surface area (Å²) >= 11 is 0. The normalized spacial score (nSPS) is 11.9. The van der Waals surface area contributed by atoms with Gasteiger partial charge in [0.05, 0.1) is 7.11 Å². The lowest BCUT2D eigenvalue weighted by atomic mass is 10.2. The van der Waals surface area contributed by atoms with Crippen LogP contribution >= 0.6 is 0 Å². The van der Waals surface area contributed by atoms with Gasteiger partial charge in [0.15, 0.2) is 0 Å². The van der Waals surface area contributed by atoms with Gasteiger partial charge in [-0.15, -0.1) is 10.2 Å². The van der Waals surface area contributed by atoms with Crippen molar-refractivity contribution in [1.82, 2.24) is 10.2 Å². The minimum Gasteiger partial charge on any atom is -0.497 e. The van der Waals surface area contributed by atoms with E-state index in [0.717, 1.165) is 17.0 Å². The van der Waals surface area contributed by atoms with Crippen LogP contribution in [0.5, 0.6) is 5.75 Å². The summed E-state index contributed by atoms with van der Waals surface area (Å²) in [5.41, 5.74) is 1.88. The Labute approximate surface area is 129 Å². The van der Waals surface area contributed by atoms with Crippen LogP contribution in [-0.2, 0) is 0 Å². The van der Waals surface area contributed by atoms with E-state index in [1.807, 2.05) is 61.5 Å². The maximum atomic E-state index is 5.75. The molecule has 1 N–H and O–H groups in total. The van der Waals surface area contributed by atoms with Crippen LogP contribution in [0.2, 0.25) is 0 Å². The molecule has 1 unspecified atom stereocenters. The molecular formula is C17H17N3O2. The second-order valence-electron chi connectivity index (χ2n) is 4.91. The minimum absolute atomic E-state index is 0.0677. The molecule has 0 aliphatic carbocycles. The summed E-state index contributed by atoms with van der Waals surface area (Å²) in [6.45, 7) is 1.98. The molecule has 0 fully saturated rings. The first-order chi connectivity index (χ1) is 10.8. The Balaban J connectivity index is 1.75. The van der Waals surface area contributed by atoms with Crippen molar-refractivity contribution in [3.63, 3.8) is 0 Å². The quantitative estimate of drug-likeness (QED) is 0.773. The maximum Gasteiger partial charge on any atom is 0.247 e. The van der Waals surface area contributed by atoms with E-state index in [-0.39, 0.29) is 6.04 Å². The van der Waals surface area contributed by atoms with Crippen molar-refractivity contribution in [3.05, 3.63) is 60.5 Å². The van der Waals surface area contributed by atoms with Gasteiger partial charge in [0.25, 0.3) is 0 Å². The first-order valence-corrected chi connectivity index (χ1v) is 7.05. The van der Waals surface area contributed by atoms with Crippen LogP contribution in [0.3, 0.4) is 0 Å². The average Bonchev–Trinajstić information content (AvgIpc) is 3.06. The number of benzene rings is 2. The topological polar surface area (TPSA) is 60.2 Å². The van der Waals surface area contributed by atoms with E-state index >= 15 is 0 Å². The molecule has 3 aromatic rings. The number of nitrogens with one attached hydrogen (secondary N) is 1. The number of anilines is 1. The molecule has 0 amide bonds. The predicted molar refractivity (Wildman–Crippen MR) is 84.8 cm³/mol. The molecule has 2 aromatic carbocycles. The van der Waals surface area contributed by atoms with Crippen molar-refractivity contribution in [2.75, 3.05) is 12.4 Å². The van der Waals surface area contributed by atoms with E-state index in [4.69, 9.17) is 9.15 Å². The standard InChI is InChI=1S/C17H17N3O2/c1-12(18-14-6-4-3-5-7-14)16-19-20-17(22-16)13-8-10-15(21-2)11-9-13/h3-12,18H,1-2H3. The number of rotatable bonds is 5. The van der Waals surface area contributed by atoms with Gasteiger partial charge in [-0.1, -0.05) is 18.2 Å². The summed E-state index contributed by atoms with van der Waals surface area (Å²) in [5.74, 6) is 1.84. The van der Waals surface area contributed by atoms with Crippen LogP contribution in [-0.4, -0.2) is 17.3 Å². The molecule has 5 heteroatoms. The van der Waals surface area contributed by atoms with Crippen LogP contribution in [0.1, 0.15) is 18.9 Å². The predicted octanol–water partition coefficient (Wildman–Crippen LogP) is 3.92. The van der Waals surface area contributed by atoms with Crippen molar-refractivity contribution < 1.29 is 9.15 Å². The molecular weight excluding hydrogens is 278 g/mol. The number of hydrogen-bond donors (Lipinski definition) is 1. The van der Waals surface area contributed by atoms with Gasteiger partial charge in [0.2, 0.25) is 11.8 Å². The van der Waals surface area contributed by atoms with Crippen LogP contribution < -0.4 is 10.1 Å². The average molecular weight is 295 g/mol. The Bertz CT molecular complexity index is 723. The monoisotopic (exact) mass is 295 g/mol. The molecule has 1 heterocycles. The van der Waals surface area contributed by atoms with Gasteiger partial charge in [-0.05, 0) is 43.3 Å². The van der Waals surface area contributed by atoms with Gasteiger partial charge in [-0.3, -0.25) is 0 Å². The van der Waals surface area contributed by atoms with E-state index < -0.39 is 0 Å². The Morgan fingerprint density at radius 3 is 2.41 bits per heavy atom. The van der Waals surface area contributed by atoms with Gasteiger partial charge >= 0.3 is 0 Å². The fraction of sp³-hybridized carbons (Fsp3) is 0.176. The molecule has 0 aliphatic rings. The Morgan fingerprint density at radius 1 is 1.00 bits per heavy atom. The Morgan fingerprint density at radius 2 is 1.73 bits per heavy atom. The molecule has 5 nitrogen and oxygen atoms in total. The summed E-state index contributed by atoms with van der Waals surface area (Å²) in [6, 6.07) is 17.4.